The average molecular weight is 263 g/mol. The van der Waals surface area contributed by atoms with E-state index in [1.807, 2.05) is 30.3 Å². The lowest BCUT2D eigenvalue weighted by molar-refractivity contribution is -0.147. The van der Waals surface area contributed by atoms with Crippen molar-refractivity contribution in [1.29, 1.82) is 0 Å². The Morgan fingerprint density at radius 1 is 1.32 bits per heavy atom. The van der Waals surface area contributed by atoms with Gasteiger partial charge in [0.25, 0.3) is 0 Å². The molecule has 0 aliphatic heterocycles. The minimum atomic E-state index is -0.165. The molecule has 1 aromatic carbocycles. The van der Waals surface area contributed by atoms with Gasteiger partial charge in [-0.15, -0.1) is 0 Å². The standard InChI is InChI=1S/C15H21NO3/c1-18-15(17)12-7-8-14(16)13(12)10-19-9-11-5-3-2-4-6-11/h2-6,12-14H,7-10,16H2,1H3. The number of hydrogen-bond acceptors (Lipinski definition) is 4. The third-order valence-electron chi connectivity index (χ3n) is 3.80. The molecule has 0 amide bonds. The fourth-order valence-electron chi connectivity index (χ4n) is 2.67. The molecule has 1 fully saturated rings. The first-order valence-corrected chi connectivity index (χ1v) is 6.67. The van der Waals surface area contributed by atoms with Crippen LogP contribution in [0.15, 0.2) is 30.3 Å². The monoisotopic (exact) mass is 263 g/mol. The molecule has 2 rings (SSSR count). The number of hydrogen-bond donors (Lipinski definition) is 1. The van der Waals surface area contributed by atoms with Crippen molar-refractivity contribution in [3.63, 3.8) is 0 Å². The van der Waals surface area contributed by atoms with Crippen molar-refractivity contribution >= 4 is 5.97 Å². The molecule has 0 heterocycles. The van der Waals surface area contributed by atoms with Crippen LogP contribution in [-0.4, -0.2) is 25.7 Å². The van der Waals surface area contributed by atoms with Gasteiger partial charge in [0.2, 0.25) is 0 Å². The smallest absolute Gasteiger partial charge is 0.309 e. The summed E-state index contributed by atoms with van der Waals surface area (Å²) < 4.78 is 10.5. The number of carbonyl (C=O) groups excluding carboxylic acids is 1. The van der Waals surface area contributed by atoms with E-state index in [-0.39, 0.29) is 23.8 Å². The number of methoxy groups -OCH3 is 1. The largest absolute Gasteiger partial charge is 0.469 e. The molecule has 0 radical (unpaired) electrons. The summed E-state index contributed by atoms with van der Waals surface area (Å²) in [6.45, 7) is 1.06. The van der Waals surface area contributed by atoms with Gasteiger partial charge in [-0.3, -0.25) is 4.79 Å². The number of carbonyl (C=O) groups is 1. The van der Waals surface area contributed by atoms with Crippen LogP contribution >= 0.6 is 0 Å². The summed E-state index contributed by atoms with van der Waals surface area (Å²) in [4.78, 5) is 11.7. The fourth-order valence-corrected chi connectivity index (χ4v) is 2.67. The molecule has 1 aliphatic carbocycles. The Bertz CT molecular complexity index is 407. The van der Waals surface area contributed by atoms with Crippen molar-refractivity contribution in [2.24, 2.45) is 17.6 Å². The maximum Gasteiger partial charge on any atom is 0.309 e. The fraction of sp³-hybridized carbons (Fsp3) is 0.533. The van der Waals surface area contributed by atoms with Gasteiger partial charge in [-0.25, -0.2) is 0 Å². The first-order valence-electron chi connectivity index (χ1n) is 6.67. The molecule has 0 saturated heterocycles. The van der Waals surface area contributed by atoms with Crippen molar-refractivity contribution in [3.05, 3.63) is 35.9 Å². The highest BCUT2D eigenvalue weighted by molar-refractivity contribution is 5.73. The van der Waals surface area contributed by atoms with E-state index in [0.717, 1.165) is 18.4 Å². The van der Waals surface area contributed by atoms with Crippen LogP contribution in [0.3, 0.4) is 0 Å². The van der Waals surface area contributed by atoms with Crippen molar-refractivity contribution in [2.75, 3.05) is 13.7 Å². The Hall–Kier alpha value is -1.39. The second-order valence-corrected chi connectivity index (χ2v) is 5.04. The molecule has 19 heavy (non-hydrogen) atoms. The predicted molar refractivity (Wildman–Crippen MR) is 72.3 cm³/mol. The number of benzene rings is 1. The van der Waals surface area contributed by atoms with Gasteiger partial charge in [0.15, 0.2) is 0 Å². The summed E-state index contributed by atoms with van der Waals surface area (Å²) in [6, 6.07) is 10.0. The van der Waals surface area contributed by atoms with Crippen LogP contribution in [-0.2, 0) is 20.9 Å². The topological polar surface area (TPSA) is 61.5 Å². The number of esters is 1. The van der Waals surface area contributed by atoms with Crippen molar-refractivity contribution < 1.29 is 14.3 Å². The van der Waals surface area contributed by atoms with Gasteiger partial charge in [0.05, 0.1) is 26.2 Å². The number of ether oxygens (including phenoxy) is 2. The molecule has 0 aromatic heterocycles. The summed E-state index contributed by atoms with van der Waals surface area (Å²) in [5.74, 6) is -0.215. The summed E-state index contributed by atoms with van der Waals surface area (Å²) in [7, 11) is 1.42. The SMILES string of the molecule is COC(=O)C1CCC(N)C1COCc1ccccc1. The molecule has 1 saturated carbocycles. The molecule has 3 atom stereocenters. The maximum atomic E-state index is 11.7. The van der Waals surface area contributed by atoms with E-state index in [1.165, 1.54) is 7.11 Å². The number of nitrogens with two attached hydrogens (primary N) is 1. The molecule has 0 spiro atoms. The van der Waals surface area contributed by atoms with Gasteiger partial charge in [-0.1, -0.05) is 30.3 Å². The highest BCUT2D eigenvalue weighted by Crippen LogP contribution is 2.32. The van der Waals surface area contributed by atoms with E-state index < -0.39 is 0 Å². The van der Waals surface area contributed by atoms with E-state index in [9.17, 15) is 4.79 Å². The van der Waals surface area contributed by atoms with Crippen LogP contribution in [0.2, 0.25) is 0 Å². The first-order chi connectivity index (χ1) is 9.22. The minimum Gasteiger partial charge on any atom is -0.469 e. The molecule has 3 unspecified atom stereocenters. The zero-order valence-corrected chi connectivity index (χ0v) is 11.2. The molecule has 0 bridgehead atoms. The predicted octanol–water partition coefficient (Wildman–Crippen LogP) is 1.73. The summed E-state index contributed by atoms with van der Waals surface area (Å²) in [6.07, 6.45) is 1.66. The summed E-state index contributed by atoms with van der Waals surface area (Å²) in [5.41, 5.74) is 7.18. The molecular formula is C15H21NO3. The normalized spacial score (nSPS) is 26.3. The van der Waals surface area contributed by atoms with Crippen molar-refractivity contribution in [1.82, 2.24) is 0 Å². The van der Waals surface area contributed by atoms with E-state index >= 15 is 0 Å². The van der Waals surface area contributed by atoms with Gasteiger partial charge < -0.3 is 15.2 Å². The van der Waals surface area contributed by atoms with Crippen molar-refractivity contribution in [2.45, 2.75) is 25.5 Å². The molecule has 1 aliphatic rings. The Balaban J connectivity index is 1.85. The van der Waals surface area contributed by atoms with Gasteiger partial charge in [-0.2, -0.15) is 0 Å². The quantitative estimate of drug-likeness (QED) is 0.822. The lowest BCUT2D eigenvalue weighted by atomic mass is 9.95. The zero-order valence-electron chi connectivity index (χ0n) is 11.2. The Morgan fingerprint density at radius 3 is 2.74 bits per heavy atom. The third-order valence-corrected chi connectivity index (χ3v) is 3.80. The van der Waals surface area contributed by atoms with E-state index in [1.54, 1.807) is 0 Å². The summed E-state index contributed by atoms with van der Waals surface area (Å²) >= 11 is 0. The van der Waals surface area contributed by atoms with Crippen LogP contribution < -0.4 is 5.73 Å². The maximum absolute atomic E-state index is 11.7. The molecule has 1 aromatic rings. The van der Waals surface area contributed by atoms with E-state index in [0.29, 0.717) is 13.2 Å². The minimum absolute atomic E-state index is 0.0277. The first kappa shape index (κ1) is 14.0. The van der Waals surface area contributed by atoms with Gasteiger partial charge in [-0.05, 0) is 18.4 Å². The molecule has 2 N–H and O–H groups in total. The lowest BCUT2D eigenvalue weighted by Crippen LogP contribution is -2.34. The number of rotatable bonds is 5. The van der Waals surface area contributed by atoms with Gasteiger partial charge in [0, 0.05) is 12.0 Å². The summed E-state index contributed by atoms with van der Waals surface area (Å²) in [5, 5.41) is 0. The van der Waals surface area contributed by atoms with E-state index in [4.69, 9.17) is 15.2 Å². The Kier molecular flexibility index (Phi) is 4.93. The second kappa shape index (κ2) is 6.68. The molecule has 104 valence electrons. The van der Waals surface area contributed by atoms with Crippen LogP contribution in [0.25, 0.3) is 0 Å². The van der Waals surface area contributed by atoms with Crippen molar-refractivity contribution in [3.8, 4) is 0 Å². The Labute approximate surface area is 113 Å². The average Bonchev–Trinajstić information content (AvgIpc) is 2.81. The van der Waals surface area contributed by atoms with Crippen LogP contribution in [0, 0.1) is 11.8 Å². The highest BCUT2D eigenvalue weighted by atomic mass is 16.5. The van der Waals surface area contributed by atoms with Crippen LogP contribution in [0.1, 0.15) is 18.4 Å². The zero-order chi connectivity index (χ0) is 13.7. The Morgan fingerprint density at radius 2 is 2.05 bits per heavy atom. The van der Waals surface area contributed by atoms with Crippen LogP contribution in [0.4, 0.5) is 0 Å². The molecule has 4 nitrogen and oxygen atoms in total. The second-order valence-electron chi connectivity index (χ2n) is 5.04. The molecule has 4 heteroatoms. The highest BCUT2D eigenvalue weighted by Gasteiger charge is 2.39. The van der Waals surface area contributed by atoms with Gasteiger partial charge >= 0.3 is 5.97 Å². The third kappa shape index (κ3) is 3.55. The molecular weight excluding hydrogens is 242 g/mol. The van der Waals surface area contributed by atoms with E-state index in [2.05, 4.69) is 0 Å². The van der Waals surface area contributed by atoms with Crippen LogP contribution in [0.5, 0.6) is 0 Å². The lowest BCUT2D eigenvalue weighted by Gasteiger charge is -2.20. The van der Waals surface area contributed by atoms with Gasteiger partial charge in [0.1, 0.15) is 0 Å².